The summed E-state index contributed by atoms with van der Waals surface area (Å²) in [6, 6.07) is 1.59. The molecule has 1 atom stereocenters. The van der Waals surface area contributed by atoms with E-state index in [1.807, 2.05) is 41.5 Å². The van der Waals surface area contributed by atoms with Gasteiger partial charge in [0.2, 0.25) is 0 Å². The first-order chi connectivity index (χ1) is 13.3. The van der Waals surface area contributed by atoms with Crippen LogP contribution in [0.3, 0.4) is 0 Å². The first-order valence-corrected chi connectivity index (χ1v) is 9.81. The lowest BCUT2D eigenvalue weighted by molar-refractivity contribution is 0.0191. The largest absolute Gasteiger partial charge is 0.504 e. The van der Waals surface area contributed by atoms with Crippen LogP contribution >= 0.6 is 0 Å². The fraction of sp³-hybridized carbons (Fsp3) is 0.571. The number of nitrogens with one attached hydrogen (secondary N) is 1. The highest BCUT2D eigenvalue weighted by Crippen LogP contribution is 2.29. The first-order valence-electron chi connectivity index (χ1n) is 9.81. The maximum atomic E-state index is 13.0. The Kier molecular flexibility index (Phi) is 6.15. The van der Waals surface area contributed by atoms with Gasteiger partial charge in [0.25, 0.3) is 5.91 Å². The Hall–Kier alpha value is -2.77. The highest BCUT2D eigenvalue weighted by atomic mass is 16.4. The van der Waals surface area contributed by atoms with Crippen molar-refractivity contribution in [2.45, 2.75) is 72.4 Å². The SMILES string of the molecule is CCCC(C)(CNC(=O)c1c(C)nc2c(O)cc(C)cn12)N(C(=O)O)C(C)(C)C. The second kappa shape index (κ2) is 7.93. The third-order valence-electron chi connectivity index (χ3n) is 5.05. The molecule has 8 nitrogen and oxygen atoms in total. The average molecular weight is 405 g/mol. The van der Waals surface area contributed by atoms with Gasteiger partial charge in [0, 0.05) is 18.3 Å². The van der Waals surface area contributed by atoms with Crippen LogP contribution in [0, 0.1) is 13.8 Å². The van der Waals surface area contributed by atoms with Crippen molar-refractivity contribution in [3.05, 3.63) is 29.2 Å². The van der Waals surface area contributed by atoms with Crippen LogP contribution in [0.15, 0.2) is 12.3 Å². The molecule has 3 N–H and O–H groups in total. The maximum Gasteiger partial charge on any atom is 0.408 e. The fourth-order valence-electron chi connectivity index (χ4n) is 4.15. The molecule has 0 aromatic carbocycles. The first kappa shape index (κ1) is 22.5. The number of carbonyl (C=O) groups is 2. The van der Waals surface area contributed by atoms with Crippen molar-refractivity contribution < 1.29 is 19.8 Å². The van der Waals surface area contributed by atoms with Gasteiger partial charge in [0.15, 0.2) is 11.4 Å². The molecule has 0 saturated heterocycles. The number of pyridine rings is 1. The van der Waals surface area contributed by atoms with Crippen LogP contribution in [0.5, 0.6) is 5.75 Å². The Labute approximate surface area is 171 Å². The minimum absolute atomic E-state index is 0.00718. The Morgan fingerprint density at radius 2 is 1.86 bits per heavy atom. The van der Waals surface area contributed by atoms with Crippen molar-refractivity contribution in [1.82, 2.24) is 19.6 Å². The Morgan fingerprint density at radius 1 is 1.24 bits per heavy atom. The van der Waals surface area contributed by atoms with Crippen LogP contribution in [-0.4, -0.2) is 54.1 Å². The van der Waals surface area contributed by atoms with E-state index in [1.165, 1.54) is 4.90 Å². The lowest BCUT2D eigenvalue weighted by Crippen LogP contribution is -2.62. The highest BCUT2D eigenvalue weighted by molar-refractivity contribution is 5.95. The number of nitrogens with zero attached hydrogens (tertiary/aromatic N) is 3. The summed E-state index contributed by atoms with van der Waals surface area (Å²) in [7, 11) is 0. The minimum Gasteiger partial charge on any atom is -0.504 e. The molecule has 0 aliphatic heterocycles. The van der Waals surface area contributed by atoms with Gasteiger partial charge in [0.05, 0.1) is 11.2 Å². The highest BCUT2D eigenvalue weighted by Gasteiger charge is 2.42. The number of imidazole rings is 1. The molecule has 8 heteroatoms. The van der Waals surface area contributed by atoms with E-state index in [9.17, 15) is 19.8 Å². The molecule has 0 saturated carbocycles. The van der Waals surface area contributed by atoms with E-state index >= 15 is 0 Å². The molecule has 0 aliphatic rings. The van der Waals surface area contributed by atoms with E-state index in [-0.39, 0.29) is 18.2 Å². The van der Waals surface area contributed by atoms with Crippen LogP contribution in [-0.2, 0) is 0 Å². The molecule has 0 spiro atoms. The predicted octanol–water partition coefficient (Wildman–Crippen LogP) is 3.72. The quantitative estimate of drug-likeness (QED) is 0.680. The molecule has 2 aromatic rings. The summed E-state index contributed by atoms with van der Waals surface area (Å²) in [6.45, 7) is 13.1. The number of hydrogen-bond acceptors (Lipinski definition) is 4. The Balaban J connectivity index is 2.38. The van der Waals surface area contributed by atoms with Crippen LogP contribution in [0.4, 0.5) is 4.79 Å². The molecule has 0 radical (unpaired) electrons. The van der Waals surface area contributed by atoms with E-state index in [0.717, 1.165) is 12.0 Å². The minimum atomic E-state index is -1.02. The van der Waals surface area contributed by atoms with Gasteiger partial charge in [-0.15, -0.1) is 0 Å². The summed E-state index contributed by atoms with van der Waals surface area (Å²) >= 11 is 0. The van der Waals surface area contributed by atoms with Crippen LogP contribution in [0.25, 0.3) is 5.65 Å². The van der Waals surface area contributed by atoms with E-state index in [0.29, 0.717) is 23.5 Å². The van der Waals surface area contributed by atoms with Crippen LogP contribution in [0.1, 0.15) is 69.2 Å². The summed E-state index contributed by atoms with van der Waals surface area (Å²) < 4.78 is 1.57. The molecular formula is C21H32N4O4. The number of carboxylic acid groups (broad SMARTS) is 1. The zero-order valence-electron chi connectivity index (χ0n) is 18.3. The van der Waals surface area contributed by atoms with E-state index < -0.39 is 17.2 Å². The average Bonchev–Trinajstić information content (AvgIpc) is 2.87. The van der Waals surface area contributed by atoms with Crippen molar-refractivity contribution in [2.24, 2.45) is 0 Å². The second-order valence-corrected chi connectivity index (χ2v) is 8.86. The Morgan fingerprint density at radius 3 is 2.38 bits per heavy atom. The molecule has 1 unspecified atom stereocenters. The molecule has 0 fully saturated rings. The van der Waals surface area contributed by atoms with Gasteiger partial charge in [-0.2, -0.15) is 0 Å². The van der Waals surface area contributed by atoms with E-state index in [4.69, 9.17) is 0 Å². The monoisotopic (exact) mass is 404 g/mol. The van der Waals surface area contributed by atoms with Crippen molar-refractivity contribution >= 4 is 17.6 Å². The maximum absolute atomic E-state index is 13.0. The standard InChI is InChI=1S/C21H32N4O4/c1-8-9-21(7,25(19(28)29)20(4,5)6)12-22-18(27)16-14(3)23-17-15(26)10-13(2)11-24(16)17/h10-11,26H,8-9,12H2,1-7H3,(H,22,27)(H,28,29). The summed E-state index contributed by atoms with van der Waals surface area (Å²) in [5.74, 6) is -0.352. The molecule has 29 heavy (non-hydrogen) atoms. The smallest absolute Gasteiger partial charge is 0.408 e. The van der Waals surface area contributed by atoms with Crippen LogP contribution in [0.2, 0.25) is 0 Å². The molecule has 2 aromatic heterocycles. The van der Waals surface area contributed by atoms with Gasteiger partial charge in [-0.1, -0.05) is 13.3 Å². The van der Waals surface area contributed by atoms with Gasteiger partial charge in [0.1, 0.15) is 5.69 Å². The molecular weight excluding hydrogens is 372 g/mol. The molecule has 2 heterocycles. The number of fused-ring (bicyclic) bond motifs is 1. The summed E-state index contributed by atoms with van der Waals surface area (Å²) in [5, 5.41) is 22.9. The molecule has 2 amide bonds. The van der Waals surface area contributed by atoms with Crippen molar-refractivity contribution in [2.75, 3.05) is 6.54 Å². The number of rotatable bonds is 6. The van der Waals surface area contributed by atoms with E-state index in [1.54, 1.807) is 23.6 Å². The molecule has 2 rings (SSSR count). The number of hydrogen-bond donors (Lipinski definition) is 3. The third kappa shape index (κ3) is 4.46. The lowest BCUT2D eigenvalue weighted by Gasteiger charge is -2.47. The zero-order valence-corrected chi connectivity index (χ0v) is 18.3. The zero-order chi connectivity index (χ0) is 22.1. The summed E-state index contributed by atoms with van der Waals surface area (Å²) in [4.78, 5) is 30.8. The fourth-order valence-corrected chi connectivity index (χ4v) is 4.15. The third-order valence-corrected chi connectivity index (χ3v) is 5.05. The Bertz CT molecular complexity index is 929. The van der Waals surface area contributed by atoms with Crippen LogP contribution < -0.4 is 5.32 Å². The number of amides is 2. The lowest BCUT2D eigenvalue weighted by atomic mass is 9.89. The predicted molar refractivity (Wildman–Crippen MR) is 112 cm³/mol. The summed E-state index contributed by atoms with van der Waals surface area (Å²) in [5.41, 5.74) is 0.532. The number of aromatic hydroxyl groups is 1. The number of aryl methyl sites for hydroxylation is 2. The normalized spacial score (nSPS) is 13.9. The van der Waals surface area contributed by atoms with E-state index in [2.05, 4.69) is 10.3 Å². The number of aromatic nitrogens is 2. The molecule has 0 bridgehead atoms. The molecule has 160 valence electrons. The topological polar surface area (TPSA) is 107 Å². The van der Waals surface area contributed by atoms with Gasteiger partial charge in [-0.05, 0) is 59.6 Å². The van der Waals surface area contributed by atoms with Crippen molar-refractivity contribution in [1.29, 1.82) is 0 Å². The number of carbonyl (C=O) groups excluding carboxylic acids is 1. The van der Waals surface area contributed by atoms with Gasteiger partial charge in [-0.3, -0.25) is 14.1 Å². The molecule has 0 aliphatic carbocycles. The van der Waals surface area contributed by atoms with Gasteiger partial charge < -0.3 is 15.5 Å². The van der Waals surface area contributed by atoms with Crippen molar-refractivity contribution in [3.8, 4) is 5.75 Å². The second-order valence-electron chi connectivity index (χ2n) is 8.86. The van der Waals surface area contributed by atoms with Gasteiger partial charge in [-0.25, -0.2) is 9.78 Å². The van der Waals surface area contributed by atoms with Gasteiger partial charge >= 0.3 is 6.09 Å². The summed E-state index contributed by atoms with van der Waals surface area (Å²) in [6.07, 6.45) is 2.10. The van der Waals surface area contributed by atoms with Crippen molar-refractivity contribution in [3.63, 3.8) is 0 Å².